The van der Waals surface area contributed by atoms with Gasteiger partial charge in [-0.25, -0.2) is 4.39 Å². The summed E-state index contributed by atoms with van der Waals surface area (Å²) in [6.07, 6.45) is 2.24. The number of benzene rings is 1. The molecule has 1 aromatic rings. The highest BCUT2D eigenvalue weighted by molar-refractivity contribution is 5.62. The van der Waals surface area contributed by atoms with E-state index in [1.54, 1.807) is 12.1 Å². The van der Waals surface area contributed by atoms with Gasteiger partial charge in [0.05, 0.1) is 0 Å². The van der Waals surface area contributed by atoms with E-state index in [0.29, 0.717) is 6.42 Å². The quantitative estimate of drug-likeness (QED) is 0.708. The molecule has 0 saturated heterocycles. The summed E-state index contributed by atoms with van der Waals surface area (Å²) in [6.45, 7) is 2.91. The van der Waals surface area contributed by atoms with Gasteiger partial charge >= 0.3 is 0 Å². The summed E-state index contributed by atoms with van der Waals surface area (Å²) < 4.78 is 13.0. The summed E-state index contributed by atoms with van der Waals surface area (Å²) in [5.41, 5.74) is 2.09. The van der Waals surface area contributed by atoms with Crippen molar-refractivity contribution in [3.05, 3.63) is 29.6 Å². The molecule has 0 N–H and O–H groups in total. The number of carbonyl (C=O) groups excluding carboxylic acids is 1. The van der Waals surface area contributed by atoms with Crippen LogP contribution in [0.2, 0.25) is 0 Å². The van der Waals surface area contributed by atoms with Gasteiger partial charge in [-0.3, -0.25) is 0 Å². The molecule has 0 aliphatic carbocycles. The van der Waals surface area contributed by atoms with Gasteiger partial charge in [0.15, 0.2) is 0 Å². The maximum atomic E-state index is 13.0. The van der Waals surface area contributed by atoms with Gasteiger partial charge in [-0.05, 0) is 37.1 Å². The summed E-state index contributed by atoms with van der Waals surface area (Å²) in [5, 5.41) is 0. The minimum absolute atomic E-state index is 0.198. The average molecular weight is 207 g/mol. The topological polar surface area (TPSA) is 20.3 Å². The number of aldehydes is 1. The highest BCUT2D eigenvalue weighted by Gasteiger charge is 2.27. The van der Waals surface area contributed by atoms with Crippen LogP contribution in [0, 0.1) is 5.82 Å². The summed E-state index contributed by atoms with van der Waals surface area (Å²) in [5.74, 6) is -0.198. The molecule has 0 radical (unpaired) electrons. The van der Waals surface area contributed by atoms with Crippen LogP contribution in [0.5, 0.6) is 0 Å². The van der Waals surface area contributed by atoms with Crippen molar-refractivity contribution in [1.82, 2.24) is 0 Å². The smallest absolute Gasteiger partial charge is 0.123 e. The van der Waals surface area contributed by atoms with Crippen molar-refractivity contribution in [1.29, 1.82) is 0 Å². The lowest BCUT2D eigenvalue weighted by Crippen LogP contribution is -2.31. The van der Waals surface area contributed by atoms with E-state index < -0.39 is 0 Å². The summed E-state index contributed by atoms with van der Waals surface area (Å²) in [6, 6.07) is 5.07. The number of nitrogens with zero attached hydrogens (tertiary/aromatic N) is 1. The molecule has 1 aliphatic rings. The van der Waals surface area contributed by atoms with E-state index in [9.17, 15) is 9.18 Å². The number of hydrogen-bond donors (Lipinski definition) is 0. The van der Waals surface area contributed by atoms with E-state index in [2.05, 4.69) is 11.8 Å². The number of anilines is 1. The van der Waals surface area contributed by atoms with E-state index in [0.717, 1.165) is 30.5 Å². The van der Waals surface area contributed by atoms with Crippen molar-refractivity contribution in [2.45, 2.75) is 25.8 Å². The Kier molecular flexibility index (Phi) is 2.71. The van der Waals surface area contributed by atoms with Crippen LogP contribution in [-0.2, 0) is 11.2 Å². The third-order valence-corrected chi connectivity index (χ3v) is 2.96. The Hall–Kier alpha value is -1.38. The molecule has 2 rings (SSSR count). The Labute approximate surface area is 88.7 Å². The largest absolute Gasteiger partial charge is 0.368 e. The van der Waals surface area contributed by atoms with Crippen LogP contribution in [0.4, 0.5) is 10.1 Å². The fourth-order valence-electron chi connectivity index (χ4n) is 2.31. The molecular formula is C12H14FNO. The first-order valence-corrected chi connectivity index (χ1v) is 5.25. The average Bonchev–Trinajstić information content (AvgIpc) is 2.54. The summed E-state index contributed by atoms with van der Waals surface area (Å²) in [4.78, 5) is 12.7. The van der Waals surface area contributed by atoms with Crippen molar-refractivity contribution < 1.29 is 9.18 Å². The van der Waals surface area contributed by atoms with Crippen LogP contribution in [-0.4, -0.2) is 18.9 Å². The second-order valence-corrected chi connectivity index (χ2v) is 3.82. The lowest BCUT2D eigenvalue weighted by Gasteiger charge is -2.24. The van der Waals surface area contributed by atoms with E-state index in [4.69, 9.17) is 0 Å². The molecule has 1 unspecified atom stereocenters. The molecule has 2 nitrogen and oxygen atoms in total. The lowest BCUT2D eigenvalue weighted by atomic mass is 10.1. The van der Waals surface area contributed by atoms with Gasteiger partial charge in [0, 0.05) is 24.7 Å². The zero-order chi connectivity index (χ0) is 10.8. The van der Waals surface area contributed by atoms with Crippen molar-refractivity contribution >= 4 is 12.0 Å². The second kappa shape index (κ2) is 4.01. The molecular weight excluding hydrogens is 193 g/mol. The van der Waals surface area contributed by atoms with Crippen molar-refractivity contribution in [3.8, 4) is 0 Å². The Morgan fingerprint density at radius 1 is 1.60 bits per heavy atom. The number of rotatable bonds is 3. The molecule has 0 saturated carbocycles. The molecule has 3 heteroatoms. The van der Waals surface area contributed by atoms with Crippen molar-refractivity contribution in [3.63, 3.8) is 0 Å². The highest BCUT2D eigenvalue weighted by atomic mass is 19.1. The van der Waals surface area contributed by atoms with Crippen LogP contribution < -0.4 is 4.90 Å². The molecule has 15 heavy (non-hydrogen) atoms. The predicted molar refractivity (Wildman–Crippen MR) is 57.6 cm³/mol. The number of fused-ring (bicyclic) bond motifs is 1. The fourth-order valence-corrected chi connectivity index (χ4v) is 2.31. The first-order valence-electron chi connectivity index (χ1n) is 5.25. The van der Waals surface area contributed by atoms with Crippen molar-refractivity contribution in [2.75, 3.05) is 11.4 Å². The monoisotopic (exact) mass is 207 g/mol. The van der Waals surface area contributed by atoms with Crippen LogP contribution in [0.15, 0.2) is 18.2 Å². The van der Waals surface area contributed by atoms with E-state index in [1.807, 2.05) is 0 Å². The zero-order valence-electron chi connectivity index (χ0n) is 8.74. The normalized spacial score (nSPS) is 19.1. The third kappa shape index (κ3) is 1.74. The number of carbonyl (C=O) groups is 1. The number of halogens is 1. The maximum absolute atomic E-state index is 13.0. The standard InChI is InChI=1S/C12H14FNO/c1-2-14-11(5-6-15)8-9-7-10(13)3-4-12(9)14/h3-4,6-7,11H,2,5,8H2,1H3. The van der Waals surface area contributed by atoms with Gasteiger partial charge < -0.3 is 9.69 Å². The second-order valence-electron chi connectivity index (χ2n) is 3.82. The molecule has 80 valence electrons. The molecule has 0 bridgehead atoms. The fraction of sp³-hybridized carbons (Fsp3) is 0.417. The lowest BCUT2D eigenvalue weighted by molar-refractivity contribution is -0.108. The van der Waals surface area contributed by atoms with Gasteiger partial charge in [0.2, 0.25) is 0 Å². The van der Waals surface area contributed by atoms with E-state index >= 15 is 0 Å². The molecule has 1 atom stereocenters. The van der Waals surface area contributed by atoms with Crippen LogP contribution in [0.1, 0.15) is 18.9 Å². The first kappa shape index (κ1) is 10.1. The van der Waals surface area contributed by atoms with E-state index in [1.165, 1.54) is 6.07 Å². The van der Waals surface area contributed by atoms with Gasteiger partial charge in [-0.1, -0.05) is 0 Å². The molecule has 1 heterocycles. The Bertz CT molecular complexity index is 378. The zero-order valence-corrected chi connectivity index (χ0v) is 8.74. The molecule has 1 aliphatic heterocycles. The van der Waals surface area contributed by atoms with Crippen molar-refractivity contribution in [2.24, 2.45) is 0 Å². The summed E-state index contributed by atoms with van der Waals surface area (Å²) >= 11 is 0. The summed E-state index contributed by atoms with van der Waals surface area (Å²) in [7, 11) is 0. The Balaban J connectivity index is 2.32. The minimum atomic E-state index is -0.198. The van der Waals surface area contributed by atoms with Gasteiger partial charge in [-0.2, -0.15) is 0 Å². The van der Waals surface area contributed by atoms with Gasteiger partial charge in [0.1, 0.15) is 12.1 Å². The third-order valence-electron chi connectivity index (χ3n) is 2.96. The maximum Gasteiger partial charge on any atom is 0.123 e. The molecule has 0 aromatic heterocycles. The van der Waals surface area contributed by atoms with Crippen LogP contribution >= 0.6 is 0 Å². The Morgan fingerprint density at radius 2 is 2.40 bits per heavy atom. The minimum Gasteiger partial charge on any atom is -0.368 e. The van der Waals surface area contributed by atoms with Crippen LogP contribution in [0.3, 0.4) is 0 Å². The number of likely N-dealkylation sites (N-methyl/N-ethyl adjacent to an activating group) is 1. The van der Waals surface area contributed by atoms with Gasteiger partial charge in [-0.15, -0.1) is 0 Å². The molecule has 0 amide bonds. The number of hydrogen-bond acceptors (Lipinski definition) is 2. The van der Waals surface area contributed by atoms with Gasteiger partial charge in [0.25, 0.3) is 0 Å². The van der Waals surface area contributed by atoms with Crippen LogP contribution in [0.25, 0.3) is 0 Å². The predicted octanol–water partition coefficient (Wildman–Crippen LogP) is 2.17. The SMILES string of the molecule is CCN1c2ccc(F)cc2CC1CC=O. The molecule has 0 spiro atoms. The molecule has 0 fully saturated rings. The molecule has 1 aromatic carbocycles. The Morgan fingerprint density at radius 3 is 3.07 bits per heavy atom. The highest BCUT2D eigenvalue weighted by Crippen LogP contribution is 2.33. The van der Waals surface area contributed by atoms with E-state index in [-0.39, 0.29) is 11.9 Å². The first-order chi connectivity index (χ1) is 7.26.